The number of fused-ring (bicyclic) bond motifs is 2. The van der Waals surface area contributed by atoms with Gasteiger partial charge in [0.15, 0.2) is 27.3 Å². The molecule has 5 rings (SSSR count). The highest BCUT2D eigenvalue weighted by atomic mass is 35.5. The smallest absolute Gasteiger partial charge is 0.286 e. The van der Waals surface area contributed by atoms with Crippen LogP contribution >= 0.6 is 47.2 Å². The van der Waals surface area contributed by atoms with Gasteiger partial charge in [-0.05, 0) is 36.0 Å². The van der Waals surface area contributed by atoms with E-state index >= 15 is 0 Å². The maximum atomic E-state index is 12.8. The molecule has 0 N–H and O–H groups in total. The zero-order valence-electron chi connectivity index (χ0n) is 14.9. The van der Waals surface area contributed by atoms with Crippen LogP contribution in [0.1, 0.15) is 11.1 Å². The van der Waals surface area contributed by atoms with Gasteiger partial charge in [-0.2, -0.15) is 10.1 Å². The molecule has 2 aromatic rings. The molecule has 152 valence electrons. The number of nitrogens with zero attached hydrogens (tertiary/aromatic N) is 2. The Morgan fingerprint density at radius 1 is 0.933 bits per heavy atom. The van der Waals surface area contributed by atoms with Crippen molar-refractivity contribution in [3.63, 3.8) is 0 Å². The monoisotopic (exact) mass is 480 g/mol. The van der Waals surface area contributed by atoms with Crippen LogP contribution in [0.4, 0.5) is 0 Å². The predicted molar refractivity (Wildman–Crippen MR) is 118 cm³/mol. The molecule has 30 heavy (non-hydrogen) atoms. The van der Waals surface area contributed by atoms with E-state index in [-0.39, 0.29) is 23.8 Å². The van der Waals surface area contributed by atoms with E-state index in [0.29, 0.717) is 49.1 Å². The van der Waals surface area contributed by atoms with Gasteiger partial charge in [0.2, 0.25) is 13.6 Å². The average molecular weight is 481 g/mol. The van der Waals surface area contributed by atoms with E-state index in [2.05, 4.69) is 5.10 Å². The number of hydrazone groups is 1. The fraction of sp³-hybridized carbons (Fsp3) is 0.105. The highest BCUT2D eigenvalue weighted by molar-refractivity contribution is 8.26. The minimum atomic E-state index is -0.369. The van der Waals surface area contributed by atoms with Crippen LogP contribution in [0.3, 0.4) is 0 Å². The molecule has 1 amide bonds. The maximum absolute atomic E-state index is 12.8. The van der Waals surface area contributed by atoms with Crippen molar-refractivity contribution in [2.75, 3.05) is 13.6 Å². The van der Waals surface area contributed by atoms with Crippen molar-refractivity contribution in [2.24, 2.45) is 5.10 Å². The van der Waals surface area contributed by atoms with Crippen LogP contribution in [0.2, 0.25) is 10.0 Å². The van der Waals surface area contributed by atoms with Crippen LogP contribution in [0, 0.1) is 0 Å². The number of benzene rings is 2. The third-order valence-electron chi connectivity index (χ3n) is 4.36. The Labute approximate surface area is 190 Å². The number of hydrogen-bond acceptors (Lipinski definition) is 8. The van der Waals surface area contributed by atoms with E-state index in [1.807, 2.05) is 0 Å². The first kappa shape index (κ1) is 19.5. The van der Waals surface area contributed by atoms with E-state index in [1.165, 1.54) is 6.21 Å². The molecule has 0 spiro atoms. The molecule has 0 saturated carbocycles. The Hall–Kier alpha value is -2.46. The molecule has 0 radical (unpaired) electrons. The molecule has 2 aromatic carbocycles. The fourth-order valence-electron chi connectivity index (χ4n) is 2.90. The molecule has 0 aromatic heterocycles. The molecule has 0 atom stereocenters. The molecule has 1 fully saturated rings. The van der Waals surface area contributed by atoms with Gasteiger partial charge in [-0.1, -0.05) is 35.0 Å². The van der Waals surface area contributed by atoms with Crippen LogP contribution < -0.4 is 18.9 Å². The number of rotatable bonds is 3. The number of carbonyl (C=O) groups is 1. The third-order valence-corrected chi connectivity index (χ3v) is 6.29. The number of hydrogen-bond donors (Lipinski definition) is 0. The molecule has 0 aliphatic carbocycles. The lowest BCUT2D eigenvalue weighted by Gasteiger charge is -2.07. The molecule has 3 heterocycles. The summed E-state index contributed by atoms with van der Waals surface area (Å²) in [5.74, 6) is 1.88. The average Bonchev–Trinajstić information content (AvgIpc) is 3.41. The van der Waals surface area contributed by atoms with Crippen molar-refractivity contribution in [3.8, 4) is 23.0 Å². The number of thioether (sulfide) groups is 1. The normalized spacial score (nSPS) is 18.3. The Bertz CT molecular complexity index is 1170. The van der Waals surface area contributed by atoms with E-state index in [4.69, 9.17) is 54.4 Å². The highest BCUT2D eigenvalue weighted by Gasteiger charge is 2.32. The minimum absolute atomic E-state index is 0.133. The first-order valence-corrected chi connectivity index (χ1v) is 10.5. The van der Waals surface area contributed by atoms with Gasteiger partial charge in [-0.15, -0.1) is 0 Å². The zero-order chi connectivity index (χ0) is 20.8. The van der Waals surface area contributed by atoms with Gasteiger partial charge in [0.1, 0.15) is 0 Å². The van der Waals surface area contributed by atoms with Gasteiger partial charge in [0.25, 0.3) is 5.91 Å². The van der Waals surface area contributed by atoms with Gasteiger partial charge < -0.3 is 18.9 Å². The van der Waals surface area contributed by atoms with Gasteiger partial charge in [0.05, 0.1) is 21.2 Å². The summed E-state index contributed by atoms with van der Waals surface area (Å²) in [4.78, 5) is 13.2. The van der Waals surface area contributed by atoms with Gasteiger partial charge in [-0.3, -0.25) is 4.79 Å². The Morgan fingerprint density at radius 3 is 2.10 bits per heavy atom. The Balaban J connectivity index is 1.40. The van der Waals surface area contributed by atoms with E-state index in [0.717, 1.165) is 16.8 Å². The first-order valence-electron chi connectivity index (χ1n) is 8.50. The summed E-state index contributed by atoms with van der Waals surface area (Å²) < 4.78 is 21.6. The largest absolute Gasteiger partial charge is 0.454 e. The second kappa shape index (κ2) is 7.66. The summed E-state index contributed by atoms with van der Waals surface area (Å²) in [5, 5.41) is 6.19. The minimum Gasteiger partial charge on any atom is -0.454 e. The molecule has 3 aliphatic rings. The standard InChI is InChI=1S/C19H10Cl2N2O5S2/c20-11-4-15-13(25-7-27-15)1-9(11)3-17-18(24)23(19(29)30-17)22-6-10-2-14-16(5-12(10)21)28-8-26-14/h1-6H,7-8H2/b17-3-,22-6-. The second-order valence-corrected chi connectivity index (χ2v) is 8.68. The Morgan fingerprint density at radius 2 is 1.47 bits per heavy atom. The number of thiocarbonyl (C=S) groups is 1. The zero-order valence-corrected chi connectivity index (χ0v) is 18.0. The molecule has 0 bridgehead atoms. The summed E-state index contributed by atoms with van der Waals surface area (Å²) in [5.41, 5.74) is 1.18. The number of carbonyl (C=O) groups excluding carboxylic acids is 1. The van der Waals surface area contributed by atoms with Crippen LogP contribution in [0.15, 0.2) is 34.3 Å². The third kappa shape index (κ3) is 3.47. The van der Waals surface area contributed by atoms with Crippen molar-refractivity contribution >= 4 is 69.7 Å². The van der Waals surface area contributed by atoms with Gasteiger partial charge in [-0.25, -0.2) is 0 Å². The van der Waals surface area contributed by atoms with Crippen LogP contribution in [-0.2, 0) is 4.79 Å². The van der Waals surface area contributed by atoms with Crippen molar-refractivity contribution in [3.05, 3.63) is 50.3 Å². The van der Waals surface area contributed by atoms with Crippen molar-refractivity contribution < 1.29 is 23.7 Å². The van der Waals surface area contributed by atoms with E-state index in [9.17, 15) is 4.79 Å². The topological polar surface area (TPSA) is 69.6 Å². The van der Waals surface area contributed by atoms with E-state index in [1.54, 1.807) is 30.3 Å². The Kier molecular flexibility index (Phi) is 4.98. The summed E-state index contributed by atoms with van der Waals surface area (Å²) in [6.07, 6.45) is 3.10. The summed E-state index contributed by atoms with van der Waals surface area (Å²) in [6.45, 7) is 0.266. The van der Waals surface area contributed by atoms with Gasteiger partial charge in [0, 0.05) is 17.7 Å². The molecule has 11 heteroatoms. The number of amides is 1. The summed E-state index contributed by atoms with van der Waals surface area (Å²) >= 11 is 19.0. The van der Waals surface area contributed by atoms with E-state index < -0.39 is 0 Å². The highest BCUT2D eigenvalue weighted by Crippen LogP contribution is 2.40. The number of halogens is 2. The lowest BCUT2D eigenvalue weighted by atomic mass is 10.2. The fourth-order valence-corrected chi connectivity index (χ4v) is 4.47. The lowest BCUT2D eigenvalue weighted by molar-refractivity contribution is -0.122. The quantitative estimate of drug-likeness (QED) is 0.358. The molecular weight excluding hydrogens is 471 g/mol. The first-order chi connectivity index (χ1) is 14.5. The molecule has 1 saturated heterocycles. The summed E-state index contributed by atoms with van der Waals surface area (Å²) in [6, 6.07) is 6.69. The number of ether oxygens (including phenoxy) is 4. The predicted octanol–water partition coefficient (Wildman–Crippen LogP) is 4.69. The molecule has 7 nitrogen and oxygen atoms in total. The van der Waals surface area contributed by atoms with Crippen molar-refractivity contribution in [1.29, 1.82) is 0 Å². The SMILES string of the molecule is O=C1/C(=C/c2cc3c(cc2Cl)OCO3)SC(=S)N1/N=C\c1cc2c(cc1Cl)OCO2. The van der Waals surface area contributed by atoms with Crippen LogP contribution in [0.25, 0.3) is 6.08 Å². The van der Waals surface area contributed by atoms with Crippen LogP contribution in [0.5, 0.6) is 23.0 Å². The molecule has 0 unspecified atom stereocenters. The second-order valence-electron chi connectivity index (χ2n) is 6.19. The lowest BCUT2D eigenvalue weighted by Crippen LogP contribution is -2.22. The van der Waals surface area contributed by atoms with Crippen molar-refractivity contribution in [1.82, 2.24) is 5.01 Å². The van der Waals surface area contributed by atoms with Crippen molar-refractivity contribution in [2.45, 2.75) is 0 Å². The molecule has 3 aliphatic heterocycles. The van der Waals surface area contributed by atoms with Gasteiger partial charge >= 0.3 is 0 Å². The van der Waals surface area contributed by atoms with Crippen LogP contribution in [-0.4, -0.2) is 35.0 Å². The molecular formula is C19H10Cl2N2O5S2. The maximum Gasteiger partial charge on any atom is 0.286 e. The summed E-state index contributed by atoms with van der Waals surface area (Å²) in [7, 11) is 0.